The lowest BCUT2D eigenvalue weighted by Gasteiger charge is -2.49. The van der Waals surface area contributed by atoms with Gasteiger partial charge in [0.15, 0.2) is 0 Å². The molecule has 9 nitrogen and oxygen atoms in total. The summed E-state index contributed by atoms with van der Waals surface area (Å²) in [6.07, 6.45) is 2.84. The second-order valence-corrected chi connectivity index (χ2v) is 10.2. The van der Waals surface area contributed by atoms with E-state index < -0.39 is 29.4 Å². The molecular weight excluding hydrogens is 412 g/mol. The Labute approximate surface area is 189 Å². The number of ether oxygens (including phenoxy) is 2. The van der Waals surface area contributed by atoms with Crippen LogP contribution in [0, 0.1) is 0 Å². The first kappa shape index (κ1) is 24.0. The van der Waals surface area contributed by atoms with E-state index in [2.05, 4.69) is 4.98 Å². The van der Waals surface area contributed by atoms with Crippen LogP contribution in [0.1, 0.15) is 47.1 Å². The fourth-order valence-electron chi connectivity index (χ4n) is 3.78. The van der Waals surface area contributed by atoms with Crippen LogP contribution in [0.25, 0.3) is 0 Å². The SMILES string of the molecule is CC(C)(C)OCC1C(=O)N2CCN(C(=O)OC(C)(C)C)CC2C(=O)N1Cc1ccncc1. The van der Waals surface area contributed by atoms with Crippen LogP contribution < -0.4 is 0 Å². The fourth-order valence-corrected chi connectivity index (χ4v) is 3.78. The van der Waals surface area contributed by atoms with Crippen LogP contribution in [-0.2, 0) is 25.6 Å². The molecule has 0 bridgehead atoms. The minimum absolute atomic E-state index is 0.109. The second kappa shape index (κ2) is 9.05. The number of nitrogens with zero attached hydrogens (tertiary/aromatic N) is 4. The molecule has 32 heavy (non-hydrogen) atoms. The Bertz CT molecular complexity index is 846. The Balaban J connectivity index is 1.83. The summed E-state index contributed by atoms with van der Waals surface area (Å²) >= 11 is 0. The third-order valence-corrected chi connectivity index (χ3v) is 5.32. The van der Waals surface area contributed by atoms with Gasteiger partial charge in [-0.15, -0.1) is 0 Å². The number of piperazine rings is 2. The van der Waals surface area contributed by atoms with Gasteiger partial charge in [0, 0.05) is 32.0 Å². The van der Waals surface area contributed by atoms with Gasteiger partial charge in [-0.25, -0.2) is 4.79 Å². The first-order valence-electron chi connectivity index (χ1n) is 11.0. The molecule has 3 amide bonds. The van der Waals surface area contributed by atoms with Crippen LogP contribution in [-0.4, -0.2) is 87.1 Å². The van der Waals surface area contributed by atoms with Crippen LogP contribution in [0.15, 0.2) is 24.5 Å². The quantitative estimate of drug-likeness (QED) is 0.703. The molecule has 0 saturated carbocycles. The highest BCUT2D eigenvalue weighted by Gasteiger charge is 2.49. The van der Waals surface area contributed by atoms with E-state index in [0.29, 0.717) is 6.54 Å². The van der Waals surface area contributed by atoms with Crippen LogP contribution in [0.2, 0.25) is 0 Å². The first-order valence-corrected chi connectivity index (χ1v) is 11.0. The van der Waals surface area contributed by atoms with E-state index >= 15 is 0 Å². The molecule has 0 N–H and O–H groups in total. The number of aromatic nitrogens is 1. The molecule has 2 unspecified atom stereocenters. The molecule has 0 spiro atoms. The van der Waals surface area contributed by atoms with E-state index in [1.165, 1.54) is 4.90 Å². The molecule has 0 aliphatic carbocycles. The molecule has 3 rings (SSSR count). The normalized spacial score (nSPS) is 22.1. The van der Waals surface area contributed by atoms with Gasteiger partial charge in [0.2, 0.25) is 11.8 Å². The lowest BCUT2D eigenvalue weighted by Crippen LogP contribution is -2.71. The minimum Gasteiger partial charge on any atom is -0.444 e. The minimum atomic E-state index is -0.739. The van der Waals surface area contributed by atoms with Crippen molar-refractivity contribution in [3.63, 3.8) is 0 Å². The van der Waals surface area contributed by atoms with Gasteiger partial charge in [0.25, 0.3) is 0 Å². The maximum atomic E-state index is 13.6. The zero-order valence-electron chi connectivity index (χ0n) is 19.8. The van der Waals surface area contributed by atoms with Crippen molar-refractivity contribution in [3.05, 3.63) is 30.1 Å². The van der Waals surface area contributed by atoms with E-state index in [9.17, 15) is 14.4 Å². The predicted octanol–water partition coefficient (Wildman–Crippen LogP) is 2.06. The highest BCUT2D eigenvalue weighted by molar-refractivity contribution is 5.97. The zero-order valence-corrected chi connectivity index (χ0v) is 19.8. The molecule has 0 aromatic carbocycles. The molecule has 3 heterocycles. The number of pyridine rings is 1. The number of fused-ring (bicyclic) bond motifs is 1. The molecule has 2 aliphatic heterocycles. The van der Waals surface area contributed by atoms with Crippen LogP contribution >= 0.6 is 0 Å². The average Bonchev–Trinajstić information content (AvgIpc) is 2.70. The molecule has 2 fully saturated rings. The Kier molecular flexibility index (Phi) is 6.78. The Morgan fingerprint density at radius 2 is 1.69 bits per heavy atom. The summed E-state index contributed by atoms with van der Waals surface area (Å²) in [5, 5.41) is 0. The number of carbonyl (C=O) groups is 3. The molecule has 2 saturated heterocycles. The van der Waals surface area contributed by atoms with Crippen molar-refractivity contribution >= 4 is 17.9 Å². The number of hydrogen-bond donors (Lipinski definition) is 0. The van der Waals surface area contributed by atoms with Gasteiger partial charge < -0.3 is 24.2 Å². The highest BCUT2D eigenvalue weighted by atomic mass is 16.6. The second-order valence-electron chi connectivity index (χ2n) is 10.2. The topological polar surface area (TPSA) is 92.3 Å². The largest absolute Gasteiger partial charge is 0.444 e. The fraction of sp³-hybridized carbons (Fsp3) is 0.652. The Morgan fingerprint density at radius 1 is 1.03 bits per heavy atom. The molecule has 176 valence electrons. The third-order valence-electron chi connectivity index (χ3n) is 5.32. The monoisotopic (exact) mass is 446 g/mol. The van der Waals surface area contributed by atoms with Crippen molar-refractivity contribution in [1.29, 1.82) is 0 Å². The van der Waals surface area contributed by atoms with Crippen molar-refractivity contribution in [2.45, 2.75) is 71.4 Å². The summed E-state index contributed by atoms with van der Waals surface area (Å²) in [7, 11) is 0. The van der Waals surface area contributed by atoms with Crippen LogP contribution in [0.3, 0.4) is 0 Å². The third kappa shape index (κ3) is 5.76. The standard InChI is InChI=1S/C23H34N4O5/c1-22(2,3)31-15-18-20(29)26-12-11-25(21(30)32-23(4,5)6)14-17(26)19(28)27(18)13-16-7-9-24-10-8-16/h7-10,17-18H,11-15H2,1-6H3. The van der Waals surface area contributed by atoms with Crippen molar-refractivity contribution in [2.75, 3.05) is 26.2 Å². The van der Waals surface area contributed by atoms with Gasteiger partial charge >= 0.3 is 6.09 Å². The lowest BCUT2D eigenvalue weighted by molar-refractivity contribution is -0.171. The Morgan fingerprint density at radius 3 is 2.28 bits per heavy atom. The van der Waals surface area contributed by atoms with E-state index in [1.54, 1.807) is 43.0 Å². The molecule has 1 aromatic heterocycles. The van der Waals surface area contributed by atoms with E-state index in [1.807, 2.05) is 32.9 Å². The summed E-state index contributed by atoms with van der Waals surface area (Å²) < 4.78 is 11.4. The van der Waals surface area contributed by atoms with Crippen molar-refractivity contribution in [3.8, 4) is 0 Å². The van der Waals surface area contributed by atoms with E-state index in [4.69, 9.17) is 9.47 Å². The summed E-state index contributed by atoms with van der Waals surface area (Å²) in [6.45, 7) is 12.2. The van der Waals surface area contributed by atoms with E-state index in [0.717, 1.165) is 5.56 Å². The van der Waals surface area contributed by atoms with Gasteiger partial charge in [-0.1, -0.05) is 0 Å². The van der Waals surface area contributed by atoms with Gasteiger partial charge in [0.05, 0.1) is 18.8 Å². The maximum Gasteiger partial charge on any atom is 0.410 e. The van der Waals surface area contributed by atoms with Crippen LogP contribution in [0.5, 0.6) is 0 Å². The molecule has 2 atom stereocenters. The van der Waals surface area contributed by atoms with Crippen LogP contribution in [0.4, 0.5) is 4.79 Å². The number of carbonyl (C=O) groups excluding carboxylic acids is 3. The molecule has 1 aromatic rings. The van der Waals surface area contributed by atoms with Crippen molar-refractivity contribution in [1.82, 2.24) is 19.7 Å². The smallest absolute Gasteiger partial charge is 0.410 e. The average molecular weight is 447 g/mol. The molecule has 2 aliphatic rings. The number of hydrogen-bond acceptors (Lipinski definition) is 6. The molecular formula is C23H34N4O5. The van der Waals surface area contributed by atoms with Gasteiger partial charge in [-0.2, -0.15) is 0 Å². The molecule has 9 heteroatoms. The number of rotatable bonds is 4. The summed E-state index contributed by atoms with van der Waals surface area (Å²) in [5.41, 5.74) is -0.212. The predicted molar refractivity (Wildman–Crippen MR) is 118 cm³/mol. The summed E-state index contributed by atoms with van der Waals surface area (Å²) in [5.74, 6) is -0.353. The van der Waals surface area contributed by atoms with Gasteiger partial charge in [0.1, 0.15) is 17.7 Å². The Hall–Kier alpha value is -2.68. The van der Waals surface area contributed by atoms with Crippen molar-refractivity contribution < 1.29 is 23.9 Å². The lowest BCUT2D eigenvalue weighted by atomic mass is 10.0. The summed E-state index contributed by atoms with van der Waals surface area (Å²) in [4.78, 5) is 48.3. The molecule has 0 radical (unpaired) electrons. The van der Waals surface area contributed by atoms with Gasteiger partial charge in [-0.05, 0) is 59.2 Å². The summed E-state index contributed by atoms with van der Waals surface area (Å²) in [6, 6.07) is 2.18. The van der Waals surface area contributed by atoms with Crippen molar-refractivity contribution in [2.24, 2.45) is 0 Å². The zero-order chi connectivity index (χ0) is 23.7. The number of amides is 3. The van der Waals surface area contributed by atoms with Gasteiger partial charge in [-0.3, -0.25) is 14.6 Å². The van der Waals surface area contributed by atoms with E-state index in [-0.39, 0.29) is 38.1 Å². The highest BCUT2D eigenvalue weighted by Crippen LogP contribution is 2.26. The first-order chi connectivity index (χ1) is 14.9. The maximum absolute atomic E-state index is 13.6.